The van der Waals surface area contributed by atoms with E-state index in [9.17, 15) is 4.79 Å². The Morgan fingerprint density at radius 3 is 3.00 bits per heavy atom. The van der Waals surface area contributed by atoms with Gasteiger partial charge in [0.25, 0.3) is 0 Å². The van der Waals surface area contributed by atoms with Gasteiger partial charge in [-0.15, -0.1) is 0 Å². The number of carbonyl (C=O) groups excluding carboxylic acids is 1. The summed E-state index contributed by atoms with van der Waals surface area (Å²) in [6, 6.07) is 6.17. The number of anilines is 1. The predicted octanol–water partition coefficient (Wildman–Crippen LogP) is 1.02. The Morgan fingerprint density at radius 2 is 2.29 bits per heavy atom. The van der Waals surface area contributed by atoms with E-state index in [4.69, 9.17) is 5.73 Å². The minimum atomic E-state index is -0.140. The largest absolute Gasteiger partial charge is 0.326 e. The number of hydrogen-bond acceptors (Lipinski definition) is 3. The molecule has 1 saturated heterocycles. The highest BCUT2D eigenvalue weighted by atomic mass is 16.2. The Bertz CT molecular complexity index is 472. The average Bonchev–Trinajstić information content (AvgIpc) is 2.81. The number of rotatable bonds is 1. The lowest BCUT2D eigenvalue weighted by atomic mass is 10.0. The van der Waals surface area contributed by atoms with Crippen LogP contribution in [0.25, 0.3) is 0 Å². The van der Waals surface area contributed by atoms with Crippen molar-refractivity contribution in [2.75, 3.05) is 18.4 Å². The molecule has 1 fully saturated rings. The summed E-state index contributed by atoms with van der Waals surface area (Å²) >= 11 is 0. The van der Waals surface area contributed by atoms with E-state index in [-0.39, 0.29) is 18.0 Å². The quantitative estimate of drug-likeness (QED) is 0.758. The summed E-state index contributed by atoms with van der Waals surface area (Å²) in [5, 5.41) is 2.94. The molecule has 0 aliphatic carbocycles. The molecule has 1 amide bonds. The van der Waals surface area contributed by atoms with Crippen molar-refractivity contribution in [1.82, 2.24) is 4.90 Å². The van der Waals surface area contributed by atoms with E-state index < -0.39 is 0 Å². The number of fused-ring (bicyclic) bond motifs is 1. The lowest BCUT2D eigenvalue weighted by molar-refractivity contribution is -0.120. The molecule has 4 heteroatoms. The lowest BCUT2D eigenvalue weighted by Crippen LogP contribution is -2.33. The summed E-state index contributed by atoms with van der Waals surface area (Å²) in [4.78, 5) is 14.2. The molecule has 0 aromatic heterocycles. The van der Waals surface area contributed by atoms with Crippen LogP contribution in [0.3, 0.4) is 0 Å². The van der Waals surface area contributed by atoms with Crippen molar-refractivity contribution in [2.24, 2.45) is 5.73 Å². The Balaban J connectivity index is 1.96. The van der Waals surface area contributed by atoms with Gasteiger partial charge in [0.05, 0.1) is 0 Å². The van der Waals surface area contributed by atoms with Crippen LogP contribution in [-0.2, 0) is 4.79 Å². The van der Waals surface area contributed by atoms with E-state index in [1.807, 2.05) is 12.1 Å². The van der Waals surface area contributed by atoms with Gasteiger partial charge in [0.2, 0.25) is 5.91 Å². The third-order valence-electron chi connectivity index (χ3n) is 3.63. The summed E-state index contributed by atoms with van der Waals surface area (Å²) in [6.07, 6.45) is 0.977. The molecule has 3 N–H and O–H groups in total. The second-order valence-corrected chi connectivity index (χ2v) is 5.03. The first-order valence-electron chi connectivity index (χ1n) is 6.06. The highest BCUT2D eigenvalue weighted by Crippen LogP contribution is 2.36. The van der Waals surface area contributed by atoms with Gasteiger partial charge < -0.3 is 11.1 Å². The minimum absolute atomic E-state index is 0.0831. The molecule has 2 aliphatic rings. The van der Waals surface area contributed by atoms with Gasteiger partial charge in [0.1, 0.15) is 6.04 Å². The number of carbonyl (C=O) groups is 1. The zero-order chi connectivity index (χ0) is 12.0. The van der Waals surface area contributed by atoms with Crippen molar-refractivity contribution in [1.29, 1.82) is 0 Å². The van der Waals surface area contributed by atoms with Gasteiger partial charge in [-0.05, 0) is 19.4 Å². The number of nitrogens with one attached hydrogen (secondary N) is 1. The molecule has 2 unspecified atom stereocenters. The van der Waals surface area contributed by atoms with Gasteiger partial charge in [-0.25, -0.2) is 0 Å². The first-order valence-corrected chi connectivity index (χ1v) is 6.06. The van der Waals surface area contributed by atoms with Gasteiger partial charge in [-0.2, -0.15) is 0 Å². The number of hydrogen-bond donors (Lipinski definition) is 2. The molecule has 0 radical (unpaired) electrons. The first-order chi connectivity index (χ1) is 8.15. The van der Waals surface area contributed by atoms with E-state index in [1.54, 1.807) is 0 Å². The third-order valence-corrected chi connectivity index (χ3v) is 3.63. The van der Waals surface area contributed by atoms with Crippen molar-refractivity contribution in [3.05, 3.63) is 29.3 Å². The SMILES string of the molecule is Cc1ccc2c(c1)C(N1CCC(N)C1)C(=O)N2. The maximum absolute atomic E-state index is 12.0. The van der Waals surface area contributed by atoms with Crippen LogP contribution in [0.5, 0.6) is 0 Å². The normalized spacial score (nSPS) is 28.2. The van der Waals surface area contributed by atoms with E-state index >= 15 is 0 Å². The standard InChI is InChI=1S/C13H17N3O/c1-8-2-3-11-10(6-8)12(13(17)15-11)16-5-4-9(14)7-16/h2-3,6,9,12H,4-5,7,14H2,1H3,(H,15,17). The molecular weight excluding hydrogens is 214 g/mol. The summed E-state index contributed by atoms with van der Waals surface area (Å²) in [6.45, 7) is 3.77. The smallest absolute Gasteiger partial charge is 0.246 e. The second kappa shape index (κ2) is 3.82. The first kappa shape index (κ1) is 10.7. The zero-order valence-electron chi connectivity index (χ0n) is 9.94. The van der Waals surface area contributed by atoms with E-state index in [0.717, 1.165) is 30.8 Å². The molecule has 1 aromatic rings. The summed E-state index contributed by atoms with van der Waals surface area (Å²) in [5.41, 5.74) is 9.15. The zero-order valence-corrected chi connectivity index (χ0v) is 9.94. The van der Waals surface area contributed by atoms with Crippen LogP contribution in [0, 0.1) is 6.92 Å². The number of nitrogens with zero attached hydrogens (tertiary/aromatic N) is 1. The van der Waals surface area contributed by atoms with Crippen LogP contribution >= 0.6 is 0 Å². The van der Waals surface area contributed by atoms with Gasteiger partial charge in [0, 0.05) is 30.4 Å². The van der Waals surface area contributed by atoms with E-state index in [0.29, 0.717) is 0 Å². The molecular formula is C13H17N3O. The van der Waals surface area contributed by atoms with Crippen LogP contribution in [0.2, 0.25) is 0 Å². The second-order valence-electron chi connectivity index (χ2n) is 5.03. The fourth-order valence-electron chi connectivity index (χ4n) is 2.78. The van der Waals surface area contributed by atoms with Crippen molar-refractivity contribution >= 4 is 11.6 Å². The predicted molar refractivity (Wildman–Crippen MR) is 66.7 cm³/mol. The molecule has 2 aliphatic heterocycles. The van der Waals surface area contributed by atoms with E-state index in [1.165, 1.54) is 5.56 Å². The molecule has 1 aromatic carbocycles. The highest BCUT2D eigenvalue weighted by molar-refractivity contribution is 6.02. The van der Waals surface area contributed by atoms with Gasteiger partial charge >= 0.3 is 0 Å². The van der Waals surface area contributed by atoms with Crippen LogP contribution < -0.4 is 11.1 Å². The third kappa shape index (κ3) is 1.73. The van der Waals surface area contributed by atoms with Crippen LogP contribution in [-0.4, -0.2) is 29.9 Å². The maximum Gasteiger partial charge on any atom is 0.246 e. The summed E-state index contributed by atoms with van der Waals surface area (Å²) in [5.74, 6) is 0.0831. The molecule has 2 heterocycles. The topological polar surface area (TPSA) is 58.4 Å². The highest BCUT2D eigenvalue weighted by Gasteiger charge is 2.37. The molecule has 0 bridgehead atoms. The Kier molecular flexibility index (Phi) is 2.42. The summed E-state index contributed by atoms with van der Waals surface area (Å²) in [7, 11) is 0. The minimum Gasteiger partial charge on any atom is -0.326 e. The van der Waals surface area contributed by atoms with Crippen LogP contribution in [0.15, 0.2) is 18.2 Å². The molecule has 2 atom stereocenters. The van der Waals surface area contributed by atoms with Crippen LogP contribution in [0.1, 0.15) is 23.6 Å². The Hall–Kier alpha value is -1.39. The number of likely N-dealkylation sites (tertiary alicyclic amines) is 1. The molecule has 0 spiro atoms. The van der Waals surface area contributed by atoms with Crippen molar-refractivity contribution in [3.8, 4) is 0 Å². The fraction of sp³-hybridized carbons (Fsp3) is 0.462. The van der Waals surface area contributed by atoms with Gasteiger partial charge in [-0.1, -0.05) is 17.7 Å². The molecule has 4 nitrogen and oxygen atoms in total. The van der Waals surface area contributed by atoms with Crippen molar-refractivity contribution in [2.45, 2.75) is 25.4 Å². The summed E-state index contributed by atoms with van der Waals surface area (Å²) < 4.78 is 0. The Labute approximate surface area is 101 Å². The van der Waals surface area contributed by atoms with Crippen molar-refractivity contribution < 1.29 is 4.79 Å². The van der Waals surface area contributed by atoms with Gasteiger partial charge in [-0.3, -0.25) is 9.69 Å². The Morgan fingerprint density at radius 1 is 1.47 bits per heavy atom. The molecule has 0 saturated carbocycles. The fourth-order valence-corrected chi connectivity index (χ4v) is 2.78. The number of nitrogens with two attached hydrogens (primary N) is 1. The number of benzene rings is 1. The number of amides is 1. The molecule has 3 rings (SSSR count). The number of aryl methyl sites for hydroxylation is 1. The van der Waals surface area contributed by atoms with Crippen LogP contribution in [0.4, 0.5) is 5.69 Å². The van der Waals surface area contributed by atoms with E-state index in [2.05, 4.69) is 23.2 Å². The average molecular weight is 231 g/mol. The monoisotopic (exact) mass is 231 g/mol. The maximum atomic E-state index is 12.0. The molecule has 17 heavy (non-hydrogen) atoms. The van der Waals surface area contributed by atoms with Gasteiger partial charge in [0.15, 0.2) is 0 Å². The molecule has 90 valence electrons. The van der Waals surface area contributed by atoms with Crippen molar-refractivity contribution in [3.63, 3.8) is 0 Å². The lowest BCUT2D eigenvalue weighted by Gasteiger charge is -2.22.